The first-order chi connectivity index (χ1) is 14.6. The number of pyridine rings is 2. The van der Waals surface area contributed by atoms with Crippen LogP contribution in [0.4, 0.5) is 10.1 Å². The molecule has 31 heavy (non-hydrogen) atoms. The van der Waals surface area contributed by atoms with E-state index in [4.69, 9.17) is 16.7 Å². The molecule has 0 amide bonds. The van der Waals surface area contributed by atoms with Crippen LogP contribution in [0, 0.1) is 11.7 Å². The minimum Gasteiger partial charge on any atom is -0.396 e. The van der Waals surface area contributed by atoms with Crippen LogP contribution in [0.15, 0.2) is 24.5 Å². The number of sulfone groups is 1. The van der Waals surface area contributed by atoms with Gasteiger partial charge in [-0.05, 0) is 38.0 Å². The lowest BCUT2D eigenvalue weighted by molar-refractivity contribution is 0.0323. The van der Waals surface area contributed by atoms with Crippen LogP contribution in [-0.2, 0) is 16.4 Å². The molecule has 3 heterocycles. The van der Waals surface area contributed by atoms with Crippen molar-refractivity contribution >= 4 is 27.1 Å². The van der Waals surface area contributed by atoms with E-state index in [1.54, 1.807) is 12.3 Å². The van der Waals surface area contributed by atoms with Gasteiger partial charge in [-0.15, -0.1) is 0 Å². The minimum atomic E-state index is -3.01. The van der Waals surface area contributed by atoms with Gasteiger partial charge in [0.1, 0.15) is 26.5 Å². The van der Waals surface area contributed by atoms with Crippen molar-refractivity contribution in [2.24, 2.45) is 5.92 Å². The monoisotopic (exact) mass is 470 g/mol. The van der Waals surface area contributed by atoms with E-state index in [1.807, 2.05) is 13.8 Å². The number of halogens is 2. The number of aliphatic hydroxyl groups is 1. The SMILES string of the molecule is C[C@@H]1[C@@H](CS(C)(=O)=O)CN1Cc1cnc(-c2cnc(Cl)cc2N[C@@H](C)CCO)c(F)c1. The average Bonchev–Trinajstić information content (AvgIpc) is 2.67. The maximum absolute atomic E-state index is 15.0. The van der Waals surface area contributed by atoms with Crippen molar-refractivity contribution < 1.29 is 17.9 Å². The van der Waals surface area contributed by atoms with E-state index in [9.17, 15) is 12.8 Å². The lowest BCUT2D eigenvalue weighted by atomic mass is 9.91. The molecular formula is C21H28ClFN4O3S. The molecule has 7 nitrogen and oxygen atoms in total. The van der Waals surface area contributed by atoms with Gasteiger partial charge in [-0.3, -0.25) is 9.88 Å². The Labute approximate surface area is 187 Å². The summed E-state index contributed by atoms with van der Waals surface area (Å²) in [7, 11) is -3.01. The zero-order valence-electron chi connectivity index (χ0n) is 17.8. The average molecular weight is 471 g/mol. The van der Waals surface area contributed by atoms with Crippen LogP contribution >= 0.6 is 11.6 Å². The Bertz CT molecular complexity index is 1040. The number of anilines is 1. The molecule has 2 aromatic rings. The fourth-order valence-electron chi connectivity index (χ4n) is 3.84. The fraction of sp³-hybridized carbons (Fsp3) is 0.524. The highest BCUT2D eigenvalue weighted by Crippen LogP contribution is 2.32. The number of aromatic nitrogens is 2. The molecule has 0 spiro atoms. The molecular weight excluding hydrogens is 443 g/mol. The molecule has 1 aliphatic heterocycles. The predicted octanol–water partition coefficient (Wildman–Crippen LogP) is 2.98. The van der Waals surface area contributed by atoms with Crippen molar-refractivity contribution in [2.75, 3.05) is 30.5 Å². The zero-order chi connectivity index (χ0) is 22.8. The fourth-order valence-corrected chi connectivity index (χ4v) is 5.16. The molecule has 0 aromatic carbocycles. The molecule has 0 aliphatic carbocycles. The summed E-state index contributed by atoms with van der Waals surface area (Å²) in [5.74, 6) is -0.202. The number of hydrogen-bond acceptors (Lipinski definition) is 7. The van der Waals surface area contributed by atoms with Gasteiger partial charge in [-0.1, -0.05) is 11.6 Å². The smallest absolute Gasteiger partial charge is 0.149 e. The van der Waals surface area contributed by atoms with E-state index in [2.05, 4.69) is 20.2 Å². The number of nitrogens with one attached hydrogen (secondary N) is 1. The summed E-state index contributed by atoms with van der Waals surface area (Å²) in [6, 6.07) is 3.14. The van der Waals surface area contributed by atoms with E-state index >= 15 is 0 Å². The molecule has 0 radical (unpaired) electrons. The molecule has 10 heteroatoms. The number of hydrogen-bond donors (Lipinski definition) is 2. The van der Waals surface area contributed by atoms with Crippen molar-refractivity contribution in [1.29, 1.82) is 0 Å². The third-order valence-electron chi connectivity index (χ3n) is 5.62. The van der Waals surface area contributed by atoms with Crippen molar-refractivity contribution in [1.82, 2.24) is 14.9 Å². The summed E-state index contributed by atoms with van der Waals surface area (Å²) in [6.07, 6.45) is 4.89. The molecule has 1 fully saturated rings. The molecule has 0 bridgehead atoms. The standard InChI is InChI=1S/C21H28ClFN4O3S/c1-13(4-5-28)26-19-7-20(22)24-9-17(19)21-18(23)6-15(8-25-21)10-27-11-16(14(27)2)12-31(3,29)30/h6-9,13-14,16,28H,4-5,10-12H2,1-3H3,(H,24,26)/t13-,14+,16+/m0/s1. The first-order valence-corrected chi connectivity index (χ1v) is 12.6. The van der Waals surface area contributed by atoms with Gasteiger partial charge in [0.25, 0.3) is 0 Å². The molecule has 0 saturated carbocycles. The van der Waals surface area contributed by atoms with Crippen LogP contribution < -0.4 is 5.32 Å². The van der Waals surface area contributed by atoms with Crippen molar-refractivity contribution in [3.8, 4) is 11.3 Å². The molecule has 1 saturated heterocycles. The second-order valence-corrected chi connectivity index (χ2v) is 10.9. The van der Waals surface area contributed by atoms with Gasteiger partial charge >= 0.3 is 0 Å². The van der Waals surface area contributed by atoms with E-state index in [1.165, 1.54) is 18.5 Å². The second kappa shape index (κ2) is 9.77. The van der Waals surface area contributed by atoms with Gasteiger partial charge in [0, 0.05) is 67.6 Å². The predicted molar refractivity (Wildman–Crippen MR) is 120 cm³/mol. The molecule has 170 valence electrons. The Morgan fingerprint density at radius 2 is 2.10 bits per heavy atom. The van der Waals surface area contributed by atoms with Crippen molar-refractivity contribution in [3.63, 3.8) is 0 Å². The summed E-state index contributed by atoms with van der Waals surface area (Å²) in [6.45, 7) is 5.09. The molecule has 1 aliphatic rings. The van der Waals surface area contributed by atoms with Crippen LogP contribution in [0.5, 0.6) is 0 Å². The summed E-state index contributed by atoms with van der Waals surface area (Å²) in [5, 5.41) is 12.6. The van der Waals surface area contributed by atoms with Gasteiger partial charge in [0.05, 0.1) is 5.75 Å². The molecule has 2 aromatic heterocycles. The van der Waals surface area contributed by atoms with Crippen LogP contribution in [-0.4, -0.2) is 65.6 Å². The highest BCUT2D eigenvalue weighted by molar-refractivity contribution is 7.90. The Morgan fingerprint density at radius 1 is 1.35 bits per heavy atom. The topological polar surface area (TPSA) is 95.4 Å². The van der Waals surface area contributed by atoms with E-state index in [0.717, 1.165) is 5.56 Å². The Hall–Kier alpha value is -1.81. The largest absolute Gasteiger partial charge is 0.396 e. The number of nitrogens with zero attached hydrogens (tertiary/aromatic N) is 3. The lowest BCUT2D eigenvalue weighted by Crippen LogP contribution is -2.56. The molecule has 3 atom stereocenters. The van der Waals surface area contributed by atoms with E-state index < -0.39 is 15.7 Å². The molecule has 3 rings (SSSR count). The van der Waals surface area contributed by atoms with Crippen LogP contribution in [0.25, 0.3) is 11.3 Å². The van der Waals surface area contributed by atoms with Crippen LogP contribution in [0.2, 0.25) is 5.15 Å². The van der Waals surface area contributed by atoms with E-state index in [0.29, 0.717) is 30.8 Å². The maximum Gasteiger partial charge on any atom is 0.149 e. The van der Waals surface area contributed by atoms with Gasteiger partial charge in [0.2, 0.25) is 0 Å². The van der Waals surface area contributed by atoms with Gasteiger partial charge in [-0.2, -0.15) is 0 Å². The van der Waals surface area contributed by atoms with Crippen LogP contribution in [0.3, 0.4) is 0 Å². The van der Waals surface area contributed by atoms with Crippen molar-refractivity contribution in [2.45, 2.75) is 38.9 Å². The number of aliphatic hydroxyl groups excluding tert-OH is 1. The minimum absolute atomic E-state index is 0.0313. The summed E-state index contributed by atoms with van der Waals surface area (Å²) < 4.78 is 38.0. The third kappa shape index (κ3) is 6.12. The highest BCUT2D eigenvalue weighted by atomic mass is 35.5. The third-order valence-corrected chi connectivity index (χ3v) is 6.86. The quantitative estimate of drug-likeness (QED) is 0.544. The first kappa shape index (κ1) is 23.8. The number of rotatable bonds is 9. The Kier molecular flexibility index (Phi) is 7.51. The summed E-state index contributed by atoms with van der Waals surface area (Å²) in [5.41, 5.74) is 1.97. The molecule has 2 N–H and O–H groups in total. The van der Waals surface area contributed by atoms with Gasteiger partial charge in [-0.25, -0.2) is 17.8 Å². The Balaban J connectivity index is 1.75. The van der Waals surface area contributed by atoms with Crippen molar-refractivity contribution in [3.05, 3.63) is 41.1 Å². The van der Waals surface area contributed by atoms with E-state index in [-0.39, 0.29) is 41.2 Å². The van der Waals surface area contributed by atoms with Gasteiger partial charge < -0.3 is 10.4 Å². The highest BCUT2D eigenvalue weighted by Gasteiger charge is 2.37. The summed E-state index contributed by atoms with van der Waals surface area (Å²) in [4.78, 5) is 10.5. The zero-order valence-corrected chi connectivity index (χ0v) is 19.4. The normalized spacial score (nSPS) is 20.3. The van der Waals surface area contributed by atoms with Crippen LogP contribution in [0.1, 0.15) is 25.8 Å². The number of likely N-dealkylation sites (tertiary alicyclic amines) is 1. The molecule has 0 unspecified atom stereocenters. The maximum atomic E-state index is 15.0. The second-order valence-electron chi connectivity index (χ2n) is 8.31. The Morgan fingerprint density at radius 3 is 2.71 bits per heavy atom. The first-order valence-electron chi connectivity index (χ1n) is 10.2. The van der Waals surface area contributed by atoms with Gasteiger partial charge in [0.15, 0.2) is 0 Å². The lowest BCUT2D eigenvalue weighted by Gasteiger charge is -2.46. The summed E-state index contributed by atoms with van der Waals surface area (Å²) >= 11 is 6.02.